The van der Waals surface area contributed by atoms with Gasteiger partial charge in [0, 0.05) is 23.7 Å². The standard InChI is InChI=1S/C31H27Cl2N5O/c1-20(39)31(23-8-4-3-5-9-23)16-18-37(19-17-31)30-34-21(2)38-29(35-30)27(22-12-14-24(32)15-13-22)28(36-38)25-10-6-7-11-26(25)33/h3-15H,16-19H2,1-2H3. The highest BCUT2D eigenvalue weighted by molar-refractivity contribution is 6.33. The van der Waals surface area contributed by atoms with Gasteiger partial charge in [-0.1, -0.05) is 83.9 Å². The SMILES string of the molecule is CC(=O)C1(c2ccccc2)CCN(c2nc(C)n3nc(-c4ccccc4Cl)c(-c4ccc(Cl)cc4)c3n2)CC1. The summed E-state index contributed by atoms with van der Waals surface area (Å²) in [7, 11) is 0. The molecule has 1 aliphatic rings. The number of ketones is 1. The van der Waals surface area contributed by atoms with Crippen LogP contribution in [0.3, 0.4) is 0 Å². The lowest BCUT2D eigenvalue weighted by atomic mass is 9.70. The molecule has 0 amide bonds. The van der Waals surface area contributed by atoms with E-state index in [1.807, 2.05) is 73.7 Å². The quantitative estimate of drug-likeness (QED) is 0.229. The molecule has 0 spiro atoms. The smallest absolute Gasteiger partial charge is 0.229 e. The van der Waals surface area contributed by atoms with E-state index in [0.717, 1.165) is 33.8 Å². The zero-order valence-corrected chi connectivity index (χ0v) is 23.2. The lowest BCUT2D eigenvalue weighted by molar-refractivity contribution is -0.123. The highest BCUT2D eigenvalue weighted by atomic mass is 35.5. The van der Waals surface area contributed by atoms with E-state index in [9.17, 15) is 4.79 Å². The number of carbonyl (C=O) groups is 1. The van der Waals surface area contributed by atoms with Crippen LogP contribution in [0.15, 0.2) is 78.9 Å². The number of hydrogen-bond acceptors (Lipinski definition) is 5. The molecule has 0 aliphatic carbocycles. The van der Waals surface area contributed by atoms with Gasteiger partial charge >= 0.3 is 0 Å². The first kappa shape index (κ1) is 25.5. The maximum absolute atomic E-state index is 12.9. The molecule has 1 saturated heterocycles. The van der Waals surface area contributed by atoms with E-state index in [4.69, 9.17) is 38.3 Å². The van der Waals surface area contributed by atoms with Crippen molar-refractivity contribution in [3.63, 3.8) is 0 Å². The average molecular weight is 556 g/mol. The van der Waals surface area contributed by atoms with Crippen molar-refractivity contribution < 1.29 is 4.79 Å². The minimum Gasteiger partial charge on any atom is -0.341 e. The maximum Gasteiger partial charge on any atom is 0.229 e. The zero-order valence-electron chi connectivity index (χ0n) is 21.7. The van der Waals surface area contributed by atoms with Crippen molar-refractivity contribution >= 4 is 40.6 Å². The molecule has 196 valence electrons. The number of benzene rings is 3. The molecule has 0 N–H and O–H groups in total. The summed E-state index contributed by atoms with van der Waals surface area (Å²) < 4.78 is 1.78. The fourth-order valence-corrected chi connectivity index (χ4v) is 5.96. The van der Waals surface area contributed by atoms with Crippen LogP contribution < -0.4 is 4.90 Å². The van der Waals surface area contributed by atoms with E-state index in [1.165, 1.54) is 0 Å². The molecule has 2 aromatic heterocycles. The molecule has 5 aromatic rings. The highest BCUT2D eigenvalue weighted by Crippen LogP contribution is 2.40. The Morgan fingerprint density at radius 3 is 2.21 bits per heavy atom. The van der Waals surface area contributed by atoms with Crippen molar-refractivity contribution in [3.8, 4) is 22.4 Å². The van der Waals surface area contributed by atoms with Crippen LogP contribution in [0.4, 0.5) is 5.95 Å². The number of fused-ring (bicyclic) bond motifs is 1. The summed E-state index contributed by atoms with van der Waals surface area (Å²) in [5.41, 5.74) is 4.64. The topological polar surface area (TPSA) is 63.4 Å². The summed E-state index contributed by atoms with van der Waals surface area (Å²) in [5, 5.41) is 6.19. The van der Waals surface area contributed by atoms with Crippen molar-refractivity contribution in [1.29, 1.82) is 0 Å². The molecule has 0 unspecified atom stereocenters. The minimum atomic E-state index is -0.487. The van der Waals surface area contributed by atoms with Gasteiger partial charge in [-0.2, -0.15) is 19.6 Å². The number of anilines is 1. The first-order chi connectivity index (χ1) is 18.9. The van der Waals surface area contributed by atoms with Gasteiger partial charge in [-0.3, -0.25) is 4.79 Å². The number of rotatable bonds is 5. The Morgan fingerprint density at radius 2 is 1.54 bits per heavy atom. The zero-order chi connectivity index (χ0) is 27.1. The summed E-state index contributed by atoms with van der Waals surface area (Å²) in [6.45, 7) is 4.98. The molecule has 1 aliphatic heterocycles. The second-order valence-corrected chi connectivity index (χ2v) is 10.9. The molecule has 0 saturated carbocycles. The fraction of sp³-hybridized carbons (Fsp3) is 0.226. The first-order valence-corrected chi connectivity index (χ1v) is 13.7. The van der Waals surface area contributed by atoms with Gasteiger partial charge in [0.15, 0.2) is 5.65 Å². The lowest BCUT2D eigenvalue weighted by Gasteiger charge is -2.40. The van der Waals surface area contributed by atoms with Crippen LogP contribution in [0.2, 0.25) is 10.0 Å². The average Bonchev–Trinajstić information content (AvgIpc) is 3.34. The molecular weight excluding hydrogens is 529 g/mol. The third kappa shape index (κ3) is 4.48. The summed E-state index contributed by atoms with van der Waals surface area (Å²) in [4.78, 5) is 25.0. The molecular formula is C31H27Cl2N5O. The molecule has 3 aromatic carbocycles. The van der Waals surface area contributed by atoms with Crippen LogP contribution >= 0.6 is 23.2 Å². The predicted molar refractivity (Wildman–Crippen MR) is 157 cm³/mol. The molecule has 0 radical (unpaired) electrons. The molecule has 39 heavy (non-hydrogen) atoms. The second-order valence-electron chi connectivity index (χ2n) is 10.0. The monoisotopic (exact) mass is 555 g/mol. The van der Waals surface area contributed by atoms with Crippen molar-refractivity contribution in [1.82, 2.24) is 19.6 Å². The normalized spacial score (nSPS) is 15.0. The number of aromatic nitrogens is 4. The van der Waals surface area contributed by atoms with Gasteiger partial charge < -0.3 is 4.90 Å². The molecule has 6 nitrogen and oxygen atoms in total. The molecule has 0 bridgehead atoms. The van der Waals surface area contributed by atoms with Crippen LogP contribution in [0.1, 0.15) is 31.2 Å². The van der Waals surface area contributed by atoms with Crippen LogP contribution in [0, 0.1) is 6.92 Å². The van der Waals surface area contributed by atoms with Crippen LogP contribution in [-0.2, 0) is 10.2 Å². The second kappa shape index (κ2) is 10.1. The minimum absolute atomic E-state index is 0.200. The Balaban J connectivity index is 1.45. The van der Waals surface area contributed by atoms with Gasteiger partial charge in [0.1, 0.15) is 17.3 Å². The van der Waals surface area contributed by atoms with E-state index in [-0.39, 0.29) is 5.78 Å². The number of piperidine rings is 1. The van der Waals surface area contributed by atoms with Crippen molar-refractivity contribution in [2.24, 2.45) is 0 Å². The van der Waals surface area contributed by atoms with Crippen LogP contribution in [-0.4, -0.2) is 38.5 Å². The molecule has 3 heterocycles. The molecule has 6 rings (SSSR count). The first-order valence-electron chi connectivity index (χ1n) is 13.0. The number of carbonyl (C=O) groups excluding carboxylic acids is 1. The maximum atomic E-state index is 12.9. The highest BCUT2D eigenvalue weighted by Gasteiger charge is 2.41. The van der Waals surface area contributed by atoms with Crippen LogP contribution in [0.5, 0.6) is 0 Å². The Hall–Kier alpha value is -3.74. The predicted octanol–water partition coefficient (Wildman–Crippen LogP) is 7.20. The largest absolute Gasteiger partial charge is 0.341 e. The Morgan fingerprint density at radius 1 is 0.872 bits per heavy atom. The Labute approximate surface area is 237 Å². The van der Waals surface area contributed by atoms with E-state index < -0.39 is 5.41 Å². The van der Waals surface area contributed by atoms with E-state index in [0.29, 0.717) is 47.6 Å². The Kier molecular flexibility index (Phi) is 6.61. The summed E-state index contributed by atoms with van der Waals surface area (Å²) in [6, 6.07) is 25.4. The number of halogens is 2. The van der Waals surface area contributed by atoms with Gasteiger partial charge in [0.25, 0.3) is 0 Å². The third-order valence-electron chi connectivity index (χ3n) is 7.80. The number of hydrogen-bond donors (Lipinski definition) is 0. The number of nitrogens with zero attached hydrogens (tertiary/aromatic N) is 5. The summed E-state index contributed by atoms with van der Waals surface area (Å²) in [5.74, 6) is 1.55. The van der Waals surface area contributed by atoms with Crippen molar-refractivity contribution in [2.45, 2.75) is 32.1 Å². The Bertz CT molecular complexity index is 1670. The fourth-order valence-electron chi connectivity index (χ4n) is 5.61. The van der Waals surface area contributed by atoms with Gasteiger partial charge in [-0.25, -0.2) is 0 Å². The van der Waals surface area contributed by atoms with Gasteiger partial charge in [0.2, 0.25) is 5.95 Å². The van der Waals surface area contributed by atoms with Gasteiger partial charge in [0.05, 0.1) is 16.0 Å². The van der Waals surface area contributed by atoms with Gasteiger partial charge in [-0.05, 0) is 56.0 Å². The van der Waals surface area contributed by atoms with Crippen LogP contribution in [0.25, 0.3) is 28.0 Å². The molecule has 0 atom stereocenters. The lowest BCUT2D eigenvalue weighted by Crippen LogP contribution is -2.47. The number of Topliss-reactive ketones (excluding diaryl/α,β-unsaturated/α-hetero) is 1. The van der Waals surface area contributed by atoms with Crippen molar-refractivity contribution in [3.05, 3.63) is 100 Å². The van der Waals surface area contributed by atoms with E-state index in [2.05, 4.69) is 17.0 Å². The van der Waals surface area contributed by atoms with E-state index in [1.54, 1.807) is 11.4 Å². The van der Waals surface area contributed by atoms with E-state index >= 15 is 0 Å². The molecule has 8 heteroatoms. The summed E-state index contributed by atoms with van der Waals surface area (Å²) in [6.07, 6.45) is 1.40. The number of aryl methyl sites for hydroxylation is 1. The van der Waals surface area contributed by atoms with Crippen molar-refractivity contribution in [2.75, 3.05) is 18.0 Å². The summed E-state index contributed by atoms with van der Waals surface area (Å²) >= 11 is 12.8. The van der Waals surface area contributed by atoms with Gasteiger partial charge in [-0.15, -0.1) is 0 Å². The molecule has 1 fully saturated rings. The third-order valence-corrected chi connectivity index (χ3v) is 8.38.